The molecule has 5 heteroatoms. The van der Waals surface area contributed by atoms with Crippen LogP contribution in [0.1, 0.15) is 47.8 Å². The Morgan fingerprint density at radius 3 is 1.54 bits per heavy atom. The van der Waals surface area contributed by atoms with E-state index < -0.39 is 11.9 Å². The van der Waals surface area contributed by atoms with Crippen molar-refractivity contribution in [3.05, 3.63) is 106 Å². The summed E-state index contributed by atoms with van der Waals surface area (Å²) in [4.78, 5) is 33.2. The molecule has 3 aromatic rings. The zero-order valence-electron chi connectivity index (χ0n) is 15.5. The number of carbonyl (C=O) groups is 3. The van der Waals surface area contributed by atoms with E-state index in [4.69, 9.17) is 10.2 Å². The van der Waals surface area contributed by atoms with Gasteiger partial charge in [-0.05, 0) is 31.5 Å². The highest BCUT2D eigenvalue weighted by molar-refractivity contribution is 6.08. The van der Waals surface area contributed by atoms with Gasteiger partial charge in [0.1, 0.15) is 0 Å². The molecule has 2 N–H and O–H groups in total. The lowest BCUT2D eigenvalue weighted by Crippen LogP contribution is -2.06. The molecule has 0 aliphatic rings. The summed E-state index contributed by atoms with van der Waals surface area (Å²) >= 11 is 0. The third kappa shape index (κ3) is 5.14. The van der Waals surface area contributed by atoms with Crippen LogP contribution in [0.25, 0.3) is 0 Å². The molecule has 0 aliphatic heterocycles. The van der Waals surface area contributed by atoms with Crippen molar-refractivity contribution >= 4 is 17.7 Å². The van der Waals surface area contributed by atoms with Gasteiger partial charge in [-0.3, -0.25) is 4.79 Å². The third-order valence-electron chi connectivity index (χ3n) is 4.14. The van der Waals surface area contributed by atoms with Crippen molar-refractivity contribution in [2.24, 2.45) is 0 Å². The monoisotopic (exact) mass is 376 g/mol. The smallest absolute Gasteiger partial charge is 0.335 e. The first-order valence-electron chi connectivity index (χ1n) is 8.54. The molecule has 0 bridgehead atoms. The normalized spacial score (nSPS) is 9.79. The summed E-state index contributed by atoms with van der Waals surface area (Å²) in [5.74, 6) is -2.14. The van der Waals surface area contributed by atoms with E-state index in [1.165, 1.54) is 30.7 Å². The van der Waals surface area contributed by atoms with Crippen LogP contribution in [-0.2, 0) is 0 Å². The van der Waals surface area contributed by atoms with Gasteiger partial charge in [-0.2, -0.15) is 0 Å². The molecular weight excluding hydrogens is 356 g/mol. The highest BCUT2D eigenvalue weighted by atomic mass is 16.4. The molecular formula is C23H20O5. The summed E-state index contributed by atoms with van der Waals surface area (Å²) in [5, 5.41) is 17.4. The molecule has 3 aromatic carbocycles. The Bertz CT molecular complexity index is 957. The van der Waals surface area contributed by atoms with Crippen LogP contribution >= 0.6 is 0 Å². The minimum atomic E-state index is -1.11. The Balaban J connectivity index is 0.000000203. The first-order valence-corrected chi connectivity index (χ1v) is 8.54. The van der Waals surface area contributed by atoms with E-state index in [1.807, 2.05) is 61.5 Å². The molecule has 0 aromatic heterocycles. The van der Waals surface area contributed by atoms with Crippen LogP contribution < -0.4 is 0 Å². The summed E-state index contributed by atoms with van der Waals surface area (Å²) in [6, 6.07) is 21.1. The quantitative estimate of drug-likeness (QED) is 0.649. The van der Waals surface area contributed by atoms with E-state index in [9.17, 15) is 14.4 Å². The lowest BCUT2D eigenvalue weighted by atomic mass is 10.0. The summed E-state index contributed by atoms with van der Waals surface area (Å²) in [7, 11) is 0. The second-order valence-corrected chi connectivity index (χ2v) is 6.15. The SMILES string of the molecule is Cc1c(C(=O)O)cccc1C(=O)O.Cc1ccc(C(=O)c2ccccc2)cc1. The Labute approximate surface area is 162 Å². The lowest BCUT2D eigenvalue weighted by molar-refractivity contribution is 0.0696. The summed E-state index contributed by atoms with van der Waals surface area (Å²) in [6.07, 6.45) is 0. The van der Waals surface area contributed by atoms with Gasteiger partial charge in [-0.25, -0.2) is 9.59 Å². The number of aryl methyl sites for hydroxylation is 1. The average molecular weight is 376 g/mol. The van der Waals surface area contributed by atoms with Gasteiger partial charge in [0.2, 0.25) is 0 Å². The van der Waals surface area contributed by atoms with E-state index in [0.717, 1.165) is 11.1 Å². The number of carboxylic acids is 2. The molecule has 0 amide bonds. The fraction of sp³-hybridized carbons (Fsp3) is 0.0870. The Kier molecular flexibility index (Phi) is 6.82. The van der Waals surface area contributed by atoms with Gasteiger partial charge < -0.3 is 10.2 Å². The zero-order valence-corrected chi connectivity index (χ0v) is 15.5. The van der Waals surface area contributed by atoms with E-state index >= 15 is 0 Å². The van der Waals surface area contributed by atoms with Gasteiger partial charge in [-0.1, -0.05) is 66.2 Å². The van der Waals surface area contributed by atoms with Crippen molar-refractivity contribution in [3.63, 3.8) is 0 Å². The molecule has 0 heterocycles. The minimum absolute atomic E-state index is 0.0277. The molecule has 142 valence electrons. The number of benzene rings is 3. The lowest BCUT2D eigenvalue weighted by Gasteiger charge is -2.03. The van der Waals surface area contributed by atoms with Gasteiger partial charge in [0.25, 0.3) is 0 Å². The van der Waals surface area contributed by atoms with Crippen molar-refractivity contribution in [2.45, 2.75) is 13.8 Å². The van der Waals surface area contributed by atoms with Crippen molar-refractivity contribution in [1.82, 2.24) is 0 Å². The predicted molar refractivity (Wildman–Crippen MR) is 106 cm³/mol. The van der Waals surface area contributed by atoms with Crippen molar-refractivity contribution in [3.8, 4) is 0 Å². The Hall–Kier alpha value is -3.73. The number of aromatic carboxylic acids is 2. The number of rotatable bonds is 4. The minimum Gasteiger partial charge on any atom is -0.478 e. The molecule has 28 heavy (non-hydrogen) atoms. The number of carboxylic acid groups (broad SMARTS) is 2. The number of hydrogen-bond donors (Lipinski definition) is 2. The second kappa shape index (κ2) is 9.28. The molecule has 0 unspecified atom stereocenters. The Morgan fingerprint density at radius 2 is 1.07 bits per heavy atom. The van der Waals surface area contributed by atoms with Gasteiger partial charge in [0.15, 0.2) is 5.78 Å². The van der Waals surface area contributed by atoms with Crippen LogP contribution in [0.4, 0.5) is 0 Å². The van der Waals surface area contributed by atoms with Gasteiger partial charge in [-0.15, -0.1) is 0 Å². The van der Waals surface area contributed by atoms with E-state index in [0.29, 0.717) is 0 Å². The fourth-order valence-corrected chi connectivity index (χ4v) is 2.56. The van der Waals surface area contributed by atoms with Crippen LogP contribution in [0.15, 0.2) is 72.8 Å². The number of hydrogen-bond acceptors (Lipinski definition) is 3. The molecule has 0 saturated carbocycles. The molecule has 3 rings (SSSR count). The van der Waals surface area contributed by atoms with Crippen LogP contribution in [0.2, 0.25) is 0 Å². The molecule has 0 radical (unpaired) electrons. The molecule has 0 saturated heterocycles. The maximum absolute atomic E-state index is 12.0. The van der Waals surface area contributed by atoms with E-state index in [2.05, 4.69) is 0 Å². The third-order valence-corrected chi connectivity index (χ3v) is 4.14. The van der Waals surface area contributed by atoms with E-state index in [-0.39, 0.29) is 22.5 Å². The zero-order chi connectivity index (χ0) is 20.7. The van der Waals surface area contributed by atoms with Crippen molar-refractivity contribution in [2.75, 3.05) is 0 Å². The molecule has 0 fully saturated rings. The number of carbonyl (C=O) groups excluding carboxylic acids is 1. The van der Waals surface area contributed by atoms with Crippen LogP contribution in [0.5, 0.6) is 0 Å². The maximum Gasteiger partial charge on any atom is 0.335 e. The fourth-order valence-electron chi connectivity index (χ4n) is 2.56. The molecule has 0 atom stereocenters. The van der Waals surface area contributed by atoms with Crippen molar-refractivity contribution < 1.29 is 24.6 Å². The summed E-state index contributed by atoms with van der Waals surface area (Å²) < 4.78 is 0. The Morgan fingerprint density at radius 1 is 0.607 bits per heavy atom. The highest BCUT2D eigenvalue weighted by Gasteiger charge is 2.13. The van der Waals surface area contributed by atoms with Gasteiger partial charge >= 0.3 is 11.9 Å². The maximum atomic E-state index is 12.0. The summed E-state index contributed by atoms with van der Waals surface area (Å²) in [5.41, 5.74) is 2.98. The van der Waals surface area contributed by atoms with Gasteiger partial charge in [0.05, 0.1) is 11.1 Å². The van der Waals surface area contributed by atoms with Crippen molar-refractivity contribution in [1.29, 1.82) is 0 Å². The first kappa shape index (κ1) is 20.6. The average Bonchev–Trinajstić information content (AvgIpc) is 2.69. The van der Waals surface area contributed by atoms with E-state index in [1.54, 1.807) is 0 Å². The summed E-state index contributed by atoms with van der Waals surface area (Å²) in [6.45, 7) is 3.49. The molecule has 0 spiro atoms. The largest absolute Gasteiger partial charge is 0.478 e. The second-order valence-electron chi connectivity index (χ2n) is 6.15. The molecule has 5 nitrogen and oxygen atoms in total. The highest BCUT2D eigenvalue weighted by Crippen LogP contribution is 2.13. The van der Waals surface area contributed by atoms with Crippen LogP contribution in [0.3, 0.4) is 0 Å². The molecule has 0 aliphatic carbocycles. The topological polar surface area (TPSA) is 91.7 Å². The van der Waals surface area contributed by atoms with Gasteiger partial charge in [0, 0.05) is 11.1 Å². The standard InChI is InChI=1S/C14H12O.C9H8O4/c1-11-7-9-13(10-8-11)14(15)12-5-3-2-4-6-12;1-5-6(8(10)11)3-2-4-7(5)9(12)13/h2-10H,1H3;2-4H,1H3,(H,10,11)(H,12,13). The van der Waals surface area contributed by atoms with Crippen LogP contribution in [-0.4, -0.2) is 27.9 Å². The predicted octanol–water partition coefficient (Wildman–Crippen LogP) is 4.62. The first-order chi connectivity index (χ1) is 13.3. The number of ketones is 1. The van der Waals surface area contributed by atoms with Crippen LogP contribution in [0, 0.1) is 13.8 Å².